The molecule has 1 aliphatic rings. The van der Waals surface area contributed by atoms with Crippen LogP contribution in [0.25, 0.3) is 0 Å². The lowest BCUT2D eigenvalue weighted by atomic mass is 10.1. The Morgan fingerprint density at radius 3 is 2.63 bits per heavy atom. The lowest BCUT2D eigenvalue weighted by molar-refractivity contribution is -0.0786. The van der Waals surface area contributed by atoms with Crippen molar-refractivity contribution in [3.63, 3.8) is 0 Å². The van der Waals surface area contributed by atoms with E-state index in [0.717, 1.165) is 0 Å². The molecule has 0 aromatic carbocycles. The van der Waals surface area contributed by atoms with E-state index in [0.29, 0.717) is 18.6 Å². The molecule has 1 aliphatic heterocycles. The van der Waals surface area contributed by atoms with Crippen LogP contribution in [0.5, 0.6) is 0 Å². The predicted molar refractivity (Wildman–Crippen MR) is 100 cm³/mol. The van der Waals surface area contributed by atoms with Crippen molar-refractivity contribution in [1.82, 2.24) is 9.55 Å². The van der Waals surface area contributed by atoms with Crippen LogP contribution in [0.3, 0.4) is 0 Å². The second-order valence-electron chi connectivity index (χ2n) is 6.00. The first kappa shape index (κ1) is 22.4. The third-order valence-electron chi connectivity index (χ3n) is 4.19. The number of ether oxygens (including phenoxy) is 3. The van der Waals surface area contributed by atoms with Gasteiger partial charge in [-0.05, 0) is 25.2 Å². The first-order chi connectivity index (χ1) is 12.7. The van der Waals surface area contributed by atoms with Gasteiger partial charge in [-0.1, -0.05) is 6.92 Å². The molecule has 1 fully saturated rings. The van der Waals surface area contributed by atoms with E-state index < -0.39 is 42.5 Å². The average molecular weight is 424 g/mol. The first-order valence-electron chi connectivity index (χ1n) is 8.39. The van der Waals surface area contributed by atoms with E-state index in [1.165, 1.54) is 25.0 Å². The maximum absolute atomic E-state index is 12.3. The van der Waals surface area contributed by atoms with Gasteiger partial charge in [-0.3, -0.25) is 18.9 Å². The fourth-order valence-corrected chi connectivity index (χ4v) is 3.75. The van der Waals surface area contributed by atoms with Crippen LogP contribution in [0, 0.1) is 6.92 Å². The molecule has 27 heavy (non-hydrogen) atoms. The number of hydrogen-bond donors (Lipinski definition) is 2. The largest absolute Gasteiger partial charge is 0.382 e. The molecule has 2 heterocycles. The van der Waals surface area contributed by atoms with Gasteiger partial charge in [0.1, 0.15) is 12.2 Å². The van der Waals surface area contributed by atoms with Gasteiger partial charge in [0.2, 0.25) is 0 Å². The van der Waals surface area contributed by atoms with Crippen LogP contribution in [0.1, 0.15) is 25.1 Å². The lowest BCUT2D eigenvalue weighted by Crippen LogP contribution is -2.41. The zero-order chi connectivity index (χ0) is 20.2. The third-order valence-corrected chi connectivity index (χ3v) is 5.87. The summed E-state index contributed by atoms with van der Waals surface area (Å²) >= 11 is 4.96. The van der Waals surface area contributed by atoms with Crippen LogP contribution in [-0.2, 0) is 35.1 Å². The molecule has 0 aliphatic carbocycles. The van der Waals surface area contributed by atoms with E-state index >= 15 is 0 Å². The molecule has 0 radical (unpaired) electrons. The van der Waals surface area contributed by atoms with Crippen LogP contribution >= 0.6 is 6.72 Å². The molecule has 2 rings (SSSR count). The van der Waals surface area contributed by atoms with Crippen molar-refractivity contribution in [2.45, 2.75) is 44.8 Å². The van der Waals surface area contributed by atoms with Crippen molar-refractivity contribution in [2.24, 2.45) is 0 Å². The molecule has 1 aromatic heterocycles. The molecular formula is C15H25N2O8PS. The van der Waals surface area contributed by atoms with Gasteiger partial charge in [-0.25, -0.2) is 4.79 Å². The molecule has 1 aromatic rings. The first-order valence-corrected chi connectivity index (χ1v) is 11.0. The van der Waals surface area contributed by atoms with Gasteiger partial charge >= 0.3 is 12.4 Å². The fourth-order valence-electron chi connectivity index (χ4n) is 2.80. The number of aromatic amines is 1. The smallest absolute Gasteiger partial charge is 0.330 e. The summed E-state index contributed by atoms with van der Waals surface area (Å²) in [6.45, 7) is 0.456. The highest BCUT2D eigenvalue weighted by molar-refractivity contribution is 8.07. The Morgan fingerprint density at radius 1 is 1.33 bits per heavy atom. The molecule has 154 valence electrons. The number of aromatic nitrogens is 2. The van der Waals surface area contributed by atoms with Crippen molar-refractivity contribution in [3.05, 3.63) is 32.6 Å². The summed E-state index contributed by atoms with van der Waals surface area (Å²) in [5.41, 5.74) is -0.770. The van der Waals surface area contributed by atoms with Crippen molar-refractivity contribution in [2.75, 3.05) is 27.4 Å². The highest BCUT2D eigenvalue weighted by Gasteiger charge is 2.49. The van der Waals surface area contributed by atoms with E-state index in [2.05, 4.69) is 4.98 Å². The SMILES string of the molecule is CC[C@H]1O[C@@H](n2cc(C)c(=O)[nH]c2=O)[C@@H](OCCOC)C1OP(O)(=S)OC. The van der Waals surface area contributed by atoms with Crippen molar-refractivity contribution in [3.8, 4) is 0 Å². The van der Waals surface area contributed by atoms with Crippen LogP contribution in [-0.4, -0.2) is 60.2 Å². The topological polar surface area (TPSA) is 121 Å². The van der Waals surface area contributed by atoms with E-state index in [4.69, 9.17) is 35.1 Å². The van der Waals surface area contributed by atoms with E-state index in [1.807, 2.05) is 6.92 Å². The molecule has 1 saturated heterocycles. The Kier molecular flexibility index (Phi) is 7.90. The Balaban J connectivity index is 2.42. The van der Waals surface area contributed by atoms with Gasteiger partial charge in [-0.15, -0.1) is 0 Å². The van der Waals surface area contributed by atoms with Gasteiger partial charge in [0.15, 0.2) is 6.23 Å². The molecule has 0 spiro atoms. The van der Waals surface area contributed by atoms with Crippen molar-refractivity contribution < 1.29 is 28.2 Å². The maximum Gasteiger partial charge on any atom is 0.330 e. The van der Waals surface area contributed by atoms with Gasteiger partial charge in [-0.2, -0.15) is 0 Å². The number of H-pyrrole nitrogens is 1. The Bertz CT molecular complexity index is 797. The molecular weight excluding hydrogens is 399 g/mol. The molecule has 0 bridgehead atoms. The number of methoxy groups -OCH3 is 1. The minimum atomic E-state index is -3.50. The van der Waals surface area contributed by atoms with E-state index in [1.54, 1.807) is 6.92 Å². The molecule has 5 atom stereocenters. The molecule has 2 N–H and O–H groups in total. The summed E-state index contributed by atoms with van der Waals surface area (Å²) in [5, 5.41) is 0. The fraction of sp³-hybridized carbons (Fsp3) is 0.733. The minimum Gasteiger partial charge on any atom is -0.382 e. The monoisotopic (exact) mass is 424 g/mol. The van der Waals surface area contributed by atoms with Gasteiger partial charge in [0.05, 0.1) is 19.3 Å². The highest BCUT2D eigenvalue weighted by atomic mass is 32.5. The van der Waals surface area contributed by atoms with E-state index in [-0.39, 0.29) is 6.61 Å². The molecule has 12 heteroatoms. The number of nitrogens with zero attached hydrogens (tertiary/aromatic N) is 1. The third kappa shape index (κ3) is 5.33. The zero-order valence-electron chi connectivity index (χ0n) is 15.6. The predicted octanol–water partition coefficient (Wildman–Crippen LogP) is 0.432. The quantitative estimate of drug-likeness (QED) is 0.429. The average Bonchev–Trinajstić information content (AvgIpc) is 2.95. The van der Waals surface area contributed by atoms with Gasteiger partial charge < -0.3 is 23.6 Å². The number of aryl methyl sites for hydroxylation is 1. The Morgan fingerprint density at radius 2 is 2.04 bits per heavy atom. The van der Waals surface area contributed by atoms with Crippen LogP contribution in [0.2, 0.25) is 0 Å². The normalized spacial score (nSPS) is 27.6. The number of hydrogen-bond acceptors (Lipinski definition) is 8. The maximum atomic E-state index is 12.3. The summed E-state index contributed by atoms with van der Waals surface area (Å²) < 4.78 is 28.6. The lowest BCUT2D eigenvalue weighted by Gasteiger charge is -2.27. The van der Waals surface area contributed by atoms with Crippen LogP contribution in [0.4, 0.5) is 0 Å². The molecule has 2 unspecified atom stereocenters. The van der Waals surface area contributed by atoms with Gasteiger partial charge in [0.25, 0.3) is 5.56 Å². The summed E-state index contributed by atoms with van der Waals surface area (Å²) in [5.74, 6) is 0. The summed E-state index contributed by atoms with van der Waals surface area (Å²) in [4.78, 5) is 36.3. The van der Waals surface area contributed by atoms with Gasteiger partial charge in [0, 0.05) is 26.0 Å². The Labute approximate surface area is 161 Å². The molecule has 10 nitrogen and oxygen atoms in total. The standard InChI is InChI=1S/C15H25N2O8PS/c1-5-10-11(25-26(20,27)22-4)12(23-7-6-21-3)14(24-10)17-8-9(2)13(18)16-15(17)19/h8,10-12,14H,5-7H2,1-4H3,(H,20,27)(H,16,18,19)/t10-,11?,12+,14-,26?/m1/s1. The Hall–Kier alpha value is -0.910. The number of nitrogens with one attached hydrogen (secondary N) is 1. The number of rotatable bonds is 9. The second-order valence-corrected chi connectivity index (χ2v) is 8.90. The zero-order valence-corrected chi connectivity index (χ0v) is 17.3. The van der Waals surface area contributed by atoms with Crippen molar-refractivity contribution >= 4 is 18.5 Å². The molecule has 0 saturated carbocycles. The van der Waals surface area contributed by atoms with Crippen molar-refractivity contribution in [1.29, 1.82) is 0 Å². The second kappa shape index (κ2) is 9.53. The van der Waals surface area contributed by atoms with E-state index in [9.17, 15) is 14.5 Å². The van der Waals surface area contributed by atoms with Crippen LogP contribution in [0.15, 0.2) is 15.8 Å². The minimum absolute atomic E-state index is 0.204. The summed E-state index contributed by atoms with van der Waals surface area (Å²) in [6.07, 6.45) is -1.03. The summed E-state index contributed by atoms with van der Waals surface area (Å²) in [6, 6.07) is 0. The molecule has 0 amide bonds. The summed E-state index contributed by atoms with van der Waals surface area (Å²) in [7, 11) is 2.79. The van der Waals surface area contributed by atoms with Crippen LogP contribution < -0.4 is 11.2 Å². The highest BCUT2D eigenvalue weighted by Crippen LogP contribution is 2.48.